The first-order valence-electron chi connectivity index (χ1n) is 10.9. The molecule has 34 heavy (non-hydrogen) atoms. The number of nitrogens with one attached hydrogen (secondary N) is 1. The highest BCUT2D eigenvalue weighted by atomic mass is 35.5. The molecule has 1 unspecified atom stereocenters. The van der Waals surface area contributed by atoms with Gasteiger partial charge >= 0.3 is 0 Å². The maximum Gasteiger partial charge on any atom is 0.248 e. The molecule has 4 aromatic rings. The fourth-order valence-electron chi connectivity index (χ4n) is 4.21. The lowest BCUT2D eigenvalue weighted by molar-refractivity contribution is 0.122. The smallest absolute Gasteiger partial charge is 0.248 e. The summed E-state index contributed by atoms with van der Waals surface area (Å²) in [5.74, 6) is -0.550. The van der Waals surface area contributed by atoms with Crippen LogP contribution >= 0.6 is 11.6 Å². The van der Waals surface area contributed by atoms with Crippen LogP contribution in [0.4, 0.5) is 10.1 Å². The third-order valence-electron chi connectivity index (χ3n) is 5.94. The Bertz CT molecular complexity index is 1400. The second-order valence-corrected chi connectivity index (χ2v) is 8.54. The van der Waals surface area contributed by atoms with Gasteiger partial charge in [0, 0.05) is 58.5 Å². The van der Waals surface area contributed by atoms with Gasteiger partial charge in [-0.15, -0.1) is 0 Å². The van der Waals surface area contributed by atoms with E-state index in [9.17, 15) is 9.90 Å². The zero-order valence-electron chi connectivity index (χ0n) is 18.2. The van der Waals surface area contributed by atoms with Crippen LogP contribution in [0.25, 0.3) is 22.2 Å². The van der Waals surface area contributed by atoms with Crippen molar-refractivity contribution in [1.82, 2.24) is 15.0 Å². The Balaban J connectivity index is 1.52. The molecule has 2 aromatic heterocycles. The van der Waals surface area contributed by atoms with Crippen molar-refractivity contribution in [1.29, 1.82) is 0 Å². The Kier molecular flexibility index (Phi) is 6.28. The fourth-order valence-corrected chi connectivity index (χ4v) is 4.49. The summed E-state index contributed by atoms with van der Waals surface area (Å²) in [5.41, 5.74) is 2.96. The van der Waals surface area contributed by atoms with Gasteiger partial charge in [0.1, 0.15) is 12.1 Å². The molecular weight excluding hydrogens is 459 g/mol. The van der Waals surface area contributed by atoms with E-state index in [2.05, 4.69) is 19.9 Å². The lowest BCUT2D eigenvalue weighted by atomic mass is 9.98. The van der Waals surface area contributed by atoms with Gasteiger partial charge in [-0.1, -0.05) is 17.7 Å². The zero-order valence-corrected chi connectivity index (χ0v) is 18.9. The number of hydrogen-bond acceptors (Lipinski definition) is 6. The molecule has 1 aliphatic rings. The molecule has 2 N–H and O–H groups in total. The van der Waals surface area contributed by atoms with Crippen LogP contribution in [0.2, 0.25) is 5.02 Å². The number of aliphatic hydroxyl groups excluding tert-OH is 1. The van der Waals surface area contributed by atoms with Crippen LogP contribution < -0.4 is 10.5 Å². The quantitative estimate of drug-likeness (QED) is 0.450. The molecule has 1 saturated heterocycles. The maximum absolute atomic E-state index is 15.1. The molecule has 1 fully saturated rings. The van der Waals surface area contributed by atoms with Crippen LogP contribution in [0.5, 0.6) is 0 Å². The second kappa shape index (κ2) is 9.50. The van der Waals surface area contributed by atoms with Crippen LogP contribution in [0.15, 0.2) is 59.7 Å². The predicted molar refractivity (Wildman–Crippen MR) is 129 cm³/mol. The molecule has 1 aliphatic heterocycles. The summed E-state index contributed by atoms with van der Waals surface area (Å²) in [6.07, 6.45) is 0.472. The number of morpholine rings is 1. The van der Waals surface area contributed by atoms with Crippen molar-refractivity contribution in [2.24, 2.45) is 0 Å². The van der Waals surface area contributed by atoms with Gasteiger partial charge < -0.3 is 19.7 Å². The molecule has 0 spiro atoms. The molecule has 0 radical (unpaired) electrons. The minimum absolute atomic E-state index is 0.0972. The minimum Gasteiger partial charge on any atom is -0.388 e. The van der Waals surface area contributed by atoms with Gasteiger partial charge in [0.25, 0.3) is 0 Å². The number of rotatable bonds is 5. The first kappa shape index (κ1) is 22.5. The number of pyridine rings is 1. The van der Waals surface area contributed by atoms with Gasteiger partial charge in [-0.2, -0.15) is 0 Å². The second-order valence-electron chi connectivity index (χ2n) is 8.14. The highest BCUT2D eigenvalue weighted by Gasteiger charge is 2.20. The van der Waals surface area contributed by atoms with Crippen LogP contribution in [0.3, 0.4) is 0 Å². The normalized spacial score (nSPS) is 15.0. The van der Waals surface area contributed by atoms with E-state index in [-0.39, 0.29) is 22.6 Å². The molecule has 1 atom stereocenters. The van der Waals surface area contributed by atoms with Gasteiger partial charge in [0.2, 0.25) is 5.56 Å². The lowest BCUT2D eigenvalue weighted by Crippen LogP contribution is -2.36. The molecule has 174 valence electrons. The van der Waals surface area contributed by atoms with Crippen molar-refractivity contribution in [3.05, 3.63) is 87.3 Å². The highest BCUT2D eigenvalue weighted by molar-refractivity contribution is 6.31. The first-order valence-corrected chi connectivity index (χ1v) is 11.3. The van der Waals surface area contributed by atoms with Gasteiger partial charge in [-0.3, -0.25) is 4.79 Å². The summed E-state index contributed by atoms with van der Waals surface area (Å²) in [6.45, 7) is 2.93. The monoisotopic (exact) mass is 480 g/mol. The van der Waals surface area contributed by atoms with Crippen molar-refractivity contribution in [3.8, 4) is 11.3 Å². The number of nitrogens with zero attached hydrogens (tertiary/aromatic N) is 3. The van der Waals surface area contributed by atoms with Crippen LogP contribution in [-0.4, -0.2) is 46.4 Å². The molecule has 7 nitrogen and oxygen atoms in total. The number of anilines is 1. The van der Waals surface area contributed by atoms with Crippen molar-refractivity contribution < 1.29 is 14.2 Å². The topological polar surface area (TPSA) is 91.3 Å². The van der Waals surface area contributed by atoms with E-state index in [1.165, 1.54) is 24.5 Å². The van der Waals surface area contributed by atoms with E-state index in [0.29, 0.717) is 41.1 Å². The van der Waals surface area contributed by atoms with E-state index >= 15 is 4.39 Å². The average Bonchev–Trinajstić information content (AvgIpc) is 2.84. The summed E-state index contributed by atoms with van der Waals surface area (Å²) in [6, 6.07) is 13.2. The van der Waals surface area contributed by atoms with Crippen molar-refractivity contribution in [2.75, 3.05) is 31.2 Å². The summed E-state index contributed by atoms with van der Waals surface area (Å²) >= 11 is 6.29. The number of fused-ring (bicyclic) bond motifs is 1. The van der Waals surface area contributed by atoms with E-state index in [0.717, 1.165) is 18.8 Å². The molecule has 2 aromatic carbocycles. The van der Waals surface area contributed by atoms with Crippen molar-refractivity contribution in [2.45, 2.75) is 12.5 Å². The fraction of sp³-hybridized carbons (Fsp3) is 0.240. The van der Waals surface area contributed by atoms with Crippen LogP contribution in [0.1, 0.15) is 17.4 Å². The third-order valence-corrected chi connectivity index (χ3v) is 6.27. The Morgan fingerprint density at radius 3 is 2.76 bits per heavy atom. The Labute approximate surface area is 199 Å². The molecule has 5 rings (SSSR count). The zero-order chi connectivity index (χ0) is 23.7. The molecule has 0 bridgehead atoms. The lowest BCUT2D eigenvalue weighted by Gasteiger charge is -2.29. The highest BCUT2D eigenvalue weighted by Crippen LogP contribution is 2.35. The van der Waals surface area contributed by atoms with Crippen LogP contribution in [-0.2, 0) is 11.2 Å². The van der Waals surface area contributed by atoms with Gasteiger partial charge in [-0.05, 0) is 36.4 Å². The van der Waals surface area contributed by atoms with E-state index in [4.69, 9.17) is 16.3 Å². The number of ether oxygens (including phenoxy) is 1. The van der Waals surface area contributed by atoms with Gasteiger partial charge in [0.05, 0.1) is 30.5 Å². The Morgan fingerprint density at radius 1 is 1.15 bits per heavy atom. The SMILES string of the molecule is O=c1cccc(CC(O)c2cc(-c3ncnc4cc(N5CCOCC5)ccc34)c(F)cc2Cl)[nH]1. The first-order chi connectivity index (χ1) is 16.5. The number of H-pyrrole nitrogens is 1. The molecular formula is C25H22ClFN4O3. The minimum atomic E-state index is -1.05. The predicted octanol–water partition coefficient (Wildman–Crippen LogP) is 3.89. The summed E-state index contributed by atoms with van der Waals surface area (Å²) in [7, 11) is 0. The maximum atomic E-state index is 15.1. The summed E-state index contributed by atoms with van der Waals surface area (Å²) in [5, 5.41) is 11.6. The van der Waals surface area contributed by atoms with E-state index < -0.39 is 11.9 Å². The molecule has 3 heterocycles. The number of halogens is 2. The van der Waals surface area contributed by atoms with Gasteiger partial charge in [-0.25, -0.2) is 14.4 Å². The summed E-state index contributed by atoms with van der Waals surface area (Å²) in [4.78, 5) is 25.2. The van der Waals surface area contributed by atoms with Crippen molar-refractivity contribution in [3.63, 3.8) is 0 Å². The molecule has 9 heteroatoms. The number of aromatic amines is 1. The Hall–Kier alpha value is -3.33. The average molecular weight is 481 g/mol. The van der Waals surface area contributed by atoms with Crippen molar-refractivity contribution >= 4 is 28.2 Å². The third kappa shape index (κ3) is 4.52. The van der Waals surface area contributed by atoms with E-state index in [1.54, 1.807) is 12.1 Å². The van der Waals surface area contributed by atoms with E-state index in [1.807, 2.05) is 18.2 Å². The van der Waals surface area contributed by atoms with Crippen LogP contribution in [0, 0.1) is 5.82 Å². The number of benzene rings is 2. The number of aromatic nitrogens is 3. The molecule has 0 aliphatic carbocycles. The molecule has 0 amide bonds. The number of hydrogen-bond donors (Lipinski definition) is 2. The number of aliphatic hydroxyl groups is 1. The Morgan fingerprint density at radius 2 is 1.97 bits per heavy atom. The standard InChI is InChI=1S/C25H22ClFN4O3/c26-20-13-21(27)19(12-18(20)23(32)10-15-2-1-3-24(33)30-15)25-17-5-4-16(11-22(17)28-14-29-25)31-6-8-34-9-7-31/h1-5,11-14,23,32H,6-10H2,(H,30,33). The largest absolute Gasteiger partial charge is 0.388 e. The molecule has 0 saturated carbocycles. The summed E-state index contributed by atoms with van der Waals surface area (Å²) < 4.78 is 20.5. The van der Waals surface area contributed by atoms with Gasteiger partial charge in [0.15, 0.2) is 0 Å².